The van der Waals surface area contributed by atoms with Gasteiger partial charge >= 0.3 is 6.09 Å². The number of aliphatic carboxylic acids is 1. The molecule has 1 atom stereocenters. The summed E-state index contributed by atoms with van der Waals surface area (Å²) >= 11 is 0. The third-order valence-corrected chi connectivity index (χ3v) is 3.87. The smallest absolute Gasteiger partial charge is 0.408 e. The van der Waals surface area contributed by atoms with Crippen LogP contribution in [0.3, 0.4) is 0 Å². The van der Waals surface area contributed by atoms with E-state index in [2.05, 4.69) is 10.6 Å². The third-order valence-electron chi connectivity index (χ3n) is 3.87. The Hall–Kier alpha value is -1.79. The van der Waals surface area contributed by atoms with E-state index >= 15 is 0 Å². The van der Waals surface area contributed by atoms with Crippen LogP contribution in [0, 0.1) is 11.8 Å². The largest absolute Gasteiger partial charge is 0.550 e. The van der Waals surface area contributed by atoms with E-state index in [4.69, 9.17) is 4.74 Å². The number of amides is 2. The maximum Gasteiger partial charge on any atom is 0.408 e. The maximum atomic E-state index is 12.0. The lowest BCUT2D eigenvalue weighted by Gasteiger charge is -2.29. The highest BCUT2D eigenvalue weighted by Gasteiger charge is 2.24. The molecule has 132 valence electrons. The van der Waals surface area contributed by atoms with Crippen LogP contribution in [0.15, 0.2) is 0 Å². The molecule has 2 amide bonds. The van der Waals surface area contributed by atoms with Crippen LogP contribution in [0.2, 0.25) is 0 Å². The zero-order valence-corrected chi connectivity index (χ0v) is 14.3. The Morgan fingerprint density at radius 3 is 2.22 bits per heavy atom. The van der Waals surface area contributed by atoms with E-state index in [-0.39, 0.29) is 17.7 Å². The van der Waals surface area contributed by atoms with Crippen LogP contribution in [0.25, 0.3) is 0 Å². The van der Waals surface area contributed by atoms with Gasteiger partial charge in [0.15, 0.2) is 0 Å². The first-order valence-electron chi connectivity index (χ1n) is 8.06. The molecule has 1 saturated carbocycles. The van der Waals surface area contributed by atoms with Crippen LogP contribution in [0.1, 0.15) is 53.4 Å². The fourth-order valence-corrected chi connectivity index (χ4v) is 2.55. The Balaban J connectivity index is 2.28. The second-order valence-electron chi connectivity index (χ2n) is 7.15. The molecule has 0 aliphatic heterocycles. The molecule has 0 radical (unpaired) electrons. The molecule has 0 saturated heterocycles. The first-order valence-corrected chi connectivity index (χ1v) is 8.06. The molecule has 23 heavy (non-hydrogen) atoms. The topological polar surface area (TPSA) is 108 Å². The molecule has 7 heteroatoms. The number of ether oxygens (including phenoxy) is 1. The van der Waals surface area contributed by atoms with Crippen LogP contribution >= 0.6 is 0 Å². The summed E-state index contributed by atoms with van der Waals surface area (Å²) in [7, 11) is 0. The lowest BCUT2D eigenvalue weighted by atomic mass is 9.82. The van der Waals surface area contributed by atoms with Gasteiger partial charge in [-0.25, -0.2) is 4.79 Å². The number of hydrogen-bond acceptors (Lipinski definition) is 5. The first-order chi connectivity index (χ1) is 10.6. The van der Waals surface area contributed by atoms with Gasteiger partial charge in [-0.3, -0.25) is 4.79 Å². The SMILES string of the molecule is C[C@H](NC(=O)OC(C)(C)C)C(=O)NCC1CCC(C(=O)[O-])CC1. The summed E-state index contributed by atoms with van der Waals surface area (Å²) in [5.41, 5.74) is -0.613. The molecule has 0 unspecified atom stereocenters. The van der Waals surface area contributed by atoms with Gasteiger partial charge in [0.1, 0.15) is 11.6 Å². The van der Waals surface area contributed by atoms with Crippen LogP contribution in [0.5, 0.6) is 0 Å². The van der Waals surface area contributed by atoms with Gasteiger partial charge in [0.25, 0.3) is 0 Å². The fourth-order valence-electron chi connectivity index (χ4n) is 2.55. The fraction of sp³-hybridized carbons (Fsp3) is 0.812. The lowest BCUT2D eigenvalue weighted by Crippen LogP contribution is -2.47. The molecular weight excluding hydrogens is 300 g/mol. The number of rotatable bonds is 5. The average Bonchev–Trinajstić information content (AvgIpc) is 2.42. The zero-order chi connectivity index (χ0) is 17.6. The molecule has 0 heterocycles. The van der Waals surface area contributed by atoms with E-state index in [0.29, 0.717) is 19.4 Å². The van der Waals surface area contributed by atoms with Crippen molar-refractivity contribution in [3.63, 3.8) is 0 Å². The number of hydrogen-bond donors (Lipinski definition) is 2. The van der Waals surface area contributed by atoms with Gasteiger partial charge in [0.2, 0.25) is 5.91 Å². The van der Waals surface area contributed by atoms with E-state index in [1.54, 1.807) is 27.7 Å². The van der Waals surface area contributed by atoms with Gasteiger partial charge in [0.05, 0.1) is 0 Å². The minimum Gasteiger partial charge on any atom is -0.550 e. The highest BCUT2D eigenvalue weighted by molar-refractivity contribution is 5.85. The standard InChI is InChI=1S/C16H28N2O5/c1-10(18-15(22)23-16(2,3)4)13(19)17-9-11-5-7-12(8-6-11)14(20)21/h10-12H,5-9H2,1-4H3,(H,17,19)(H,18,22)(H,20,21)/p-1/t10-,11?,12?/m0/s1. The first kappa shape index (κ1) is 19.3. The van der Waals surface area contributed by atoms with Crippen molar-refractivity contribution in [1.82, 2.24) is 10.6 Å². The molecule has 0 aromatic carbocycles. The monoisotopic (exact) mass is 327 g/mol. The van der Waals surface area contributed by atoms with Crippen molar-refractivity contribution in [2.45, 2.75) is 65.0 Å². The van der Waals surface area contributed by atoms with E-state index in [1.165, 1.54) is 0 Å². The molecule has 0 aromatic rings. The number of carbonyl (C=O) groups is 3. The summed E-state index contributed by atoms with van der Waals surface area (Å²) < 4.78 is 5.10. The van der Waals surface area contributed by atoms with Crippen molar-refractivity contribution in [2.24, 2.45) is 11.8 Å². The Morgan fingerprint density at radius 1 is 1.17 bits per heavy atom. The molecule has 0 bridgehead atoms. The molecule has 1 aliphatic rings. The normalized spacial score (nSPS) is 22.8. The van der Waals surface area contributed by atoms with Crippen molar-refractivity contribution >= 4 is 18.0 Å². The molecule has 7 nitrogen and oxygen atoms in total. The quantitative estimate of drug-likeness (QED) is 0.767. The molecular formula is C16H27N2O5-. The Morgan fingerprint density at radius 2 is 1.74 bits per heavy atom. The van der Waals surface area contributed by atoms with E-state index < -0.39 is 23.7 Å². The molecule has 1 rings (SSSR count). The van der Waals surface area contributed by atoms with E-state index in [9.17, 15) is 19.5 Å². The van der Waals surface area contributed by atoms with Gasteiger partial charge in [-0.15, -0.1) is 0 Å². The number of carboxylic acid groups (broad SMARTS) is 1. The van der Waals surface area contributed by atoms with Crippen LogP contribution in [0.4, 0.5) is 4.79 Å². The Bertz CT molecular complexity index is 436. The van der Waals surface area contributed by atoms with Crippen molar-refractivity contribution < 1.29 is 24.2 Å². The van der Waals surface area contributed by atoms with Gasteiger partial charge in [0, 0.05) is 12.5 Å². The Kier molecular flexibility index (Phi) is 6.84. The molecule has 2 N–H and O–H groups in total. The lowest BCUT2D eigenvalue weighted by molar-refractivity contribution is -0.312. The zero-order valence-electron chi connectivity index (χ0n) is 14.3. The summed E-state index contributed by atoms with van der Waals surface area (Å²) in [5, 5.41) is 16.1. The summed E-state index contributed by atoms with van der Waals surface area (Å²) in [6.45, 7) is 7.33. The van der Waals surface area contributed by atoms with Gasteiger partial charge in [-0.1, -0.05) is 0 Å². The molecule has 0 spiro atoms. The van der Waals surface area contributed by atoms with Gasteiger partial charge < -0.3 is 25.3 Å². The van der Waals surface area contributed by atoms with Crippen molar-refractivity contribution in [3.05, 3.63) is 0 Å². The summed E-state index contributed by atoms with van der Waals surface area (Å²) in [6.07, 6.45) is 2.07. The molecule has 0 aromatic heterocycles. The number of nitrogens with one attached hydrogen (secondary N) is 2. The molecule has 1 fully saturated rings. The minimum atomic E-state index is -0.984. The second kappa shape index (κ2) is 8.17. The highest BCUT2D eigenvalue weighted by Crippen LogP contribution is 2.27. The Labute approximate surface area is 137 Å². The van der Waals surface area contributed by atoms with Crippen molar-refractivity contribution in [1.29, 1.82) is 0 Å². The predicted molar refractivity (Wildman–Crippen MR) is 82.3 cm³/mol. The summed E-state index contributed by atoms with van der Waals surface area (Å²) in [6, 6.07) is -0.690. The van der Waals surface area contributed by atoms with Gasteiger partial charge in [-0.05, 0) is 65.2 Å². The highest BCUT2D eigenvalue weighted by atomic mass is 16.6. The summed E-state index contributed by atoms with van der Waals surface area (Å²) in [5.74, 6) is -1.36. The van der Waals surface area contributed by atoms with E-state index in [0.717, 1.165) is 12.8 Å². The second-order valence-corrected chi connectivity index (χ2v) is 7.15. The average molecular weight is 327 g/mol. The maximum absolute atomic E-state index is 12.0. The van der Waals surface area contributed by atoms with Crippen LogP contribution < -0.4 is 15.7 Å². The minimum absolute atomic E-state index is 0.267. The van der Waals surface area contributed by atoms with Crippen molar-refractivity contribution in [2.75, 3.05) is 6.54 Å². The van der Waals surface area contributed by atoms with Crippen LogP contribution in [-0.2, 0) is 14.3 Å². The third kappa shape index (κ3) is 7.34. The predicted octanol–water partition coefficient (Wildman–Crippen LogP) is 0.572. The van der Waals surface area contributed by atoms with E-state index in [1.807, 2.05) is 0 Å². The number of alkyl carbamates (subject to hydrolysis) is 1. The number of carbonyl (C=O) groups excluding carboxylic acids is 3. The number of carboxylic acids is 1. The van der Waals surface area contributed by atoms with Crippen molar-refractivity contribution in [3.8, 4) is 0 Å². The summed E-state index contributed by atoms with van der Waals surface area (Å²) in [4.78, 5) is 34.4. The van der Waals surface area contributed by atoms with Gasteiger partial charge in [-0.2, -0.15) is 0 Å². The van der Waals surface area contributed by atoms with Crippen LogP contribution in [-0.4, -0.2) is 36.2 Å². The molecule has 1 aliphatic carbocycles.